The molecule has 100 valence electrons. The molecule has 0 saturated heterocycles. The highest BCUT2D eigenvalue weighted by atomic mass is 16.4. The molecule has 0 bridgehead atoms. The largest absolute Gasteiger partial charge is 0.478 e. The van der Waals surface area contributed by atoms with Crippen molar-refractivity contribution in [1.29, 1.82) is 0 Å². The van der Waals surface area contributed by atoms with E-state index in [2.05, 4.69) is 0 Å². The summed E-state index contributed by atoms with van der Waals surface area (Å²) in [6.45, 7) is 0. The molecule has 0 saturated carbocycles. The molecule has 2 aromatic rings. The predicted molar refractivity (Wildman–Crippen MR) is 77.6 cm³/mol. The number of benzene rings is 2. The van der Waals surface area contributed by atoms with Crippen LogP contribution in [-0.4, -0.2) is 16.9 Å². The summed E-state index contributed by atoms with van der Waals surface area (Å²) in [5.41, 5.74) is 1.86. The number of aromatic carboxylic acids is 1. The number of carboxylic acids is 1. The van der Waals surface area contributed by atoms with Crippen molar-refractivity contribution in [3.63, 3.8) is 0 Å². The number of ketones is 1. The van der Waals surface area contributed by atoms with Gasteiger partial charge in [0.05, 0.1) is 5.56 Å². The lowest BCUT2D eigenvalue weighted by molar-refractivity contribution is -0.113. The molecule has 0 spiro atoms. The Morgan fingerprint density at radius 3 is 2.45 bits per heavy atom. The molecule has 0 atom stereocenters. The number of rotatable bonds is 5. The predicted octanol–water partition coefficient (Wildman–Crippen LogP) is 3.21. The molecule has 20 heavy (non-hydrogen) atoms. The third-order valence-corrected chi connectivity index (χ3v) is 2.81. The minimum atomic E-state index is -0.987. The lowest BCUT2D eigenvalue weighted by Gasteiger charge is -2.00. The second-order valence-corrected chi connectivity index (χ2v) is 4.39. The smallest absolute Gasteiger partial charge is 0.335 e. The van der Waals surface area contributed by atoms with Crippen LogP contribution < -0.4 is 0 Å². The lowest BCUT2D eigenvalue weighted by atomic mass is 10.1. The molecule has 0 radical (unpaired) electrons. The minimum Gasteiger partial charge on any atom is -0.478 e. The van der Waals surface area contributed by atoms with Crippen LogP contribution in [0.25, 0.3) is 6.08 Å². The van der Waals surface area contributed by atoms with Gasteiger partial charge in [-0.3, -0.25) is 4.79 Å². The van der Waals surface area contributed by atoms with Crippen LogP contribution in [0.3, 0.4) is 0 Å². The van der Waals surface area contributed by atoms with Crippen LogP contribution in [-0.2, 0) is 11.2 Å². The van der Waals surface area contributed by atoms with Gasteiger partial charge in [0.15, 0.2) is 5.78 Å². The molecule has 2 aromatic carbocycles. The first-order valence-corrected chi connectivity index (χ1v) is 6.23. The van der Waals surface area contributed by atoms with E-state index in [9.17, 15) is 9.59 Å². The van der Waals surface area contributed by atoms with Crippen molar-refractivity contribution in [2.24, 2.45) is 0 Å². The topological polar surface area (TPSA) is 54.4 Å². The molecule has 1 N–H and O–H groups in total. The van der Waals surface area contributed by atoms with E-state index in [1.54, 1.807) is 18.2 Å². The van der Waals surface area contributed by atoms with Gasteiger partial charge in [0, 0.05) is 6.42 Å². The van der Waals surface area contributed by atoms with Gasteiger partial charge in [-0.1, -0.05) is 48.5 Å². The van der Waals surface area contributed by atoms with Crippen LogP contribution in [0.5, 0.6) is 0 Å². The highest BCUT2D eigenvalue weighted by molar-refractivity contribution is 5.95. The molecule has 3 heteroatoms. The Morgan fingerprint density at radius 2 is 1.75 bits per heavy atom. The summed E-state index contributed by atoms with van der Waals surface area (Å²) < 4.78 is 0. The van der Waals surface area contributed by atoms with E-state index in [4.69, 9.17) is 5.11 Å². The first kappa shape index (κ1) is 13.7. The fourth-order valence-electron chi connectivity index (χ4n) is 1.83. The third-order valence-electron chi connectivity index (χ3n) is 2.81. The number of allylic oxidation sites excluding steroid dienone is 1. The maximum atomic E-state index is 11.8. The van der Waals surface area contributed by atoms with E-state index in [0.29, 0.717) is 5.56 Å². The van der Waals surface area contributed by atoms with Crippen molar-refractivity contribution in [2.45, 2.75) is 6.42 Å². The molecule has 0 fully saturated rings. The average molecular weight is 266 g/mol. The molecule has 0 aliphatic carbocycles. The second-order valence-electron chi connectivity index (χ2n) is 4.39. The highest BCUT2D eigenvalue weighted by Gasteiger charge is 2.05. The maximum absolute atomic E-state index is 11.8. The normalized spacial score (nSPS) is 10.6. The number of hydrogen-bond acceptors (Lipinski definition) is 2. The number of carboxylic acid groups (broad SMARTS) is 1. The molecule has 0 heterocycles. The van der Waals surface area contributed by atoms with Crippen LogP contribution >= 0.6 is 0 Å². The molecular weight excluding hydrogens is 252 g/mol. The van der Waals surface area contributed by atoms with Gasteiger partial charge in [-0.15, -0.1) is 0 Å². The van der Waals surface area contributed by atoms with Gasteiger partial charge in [-0.05, 0) is 29.3 Å². The van der Waals surface area contributed by atoms with Crippen LogP contribution in [0.4, 0.5) is 0 Å². The first-order chi connectivity index (χ1) is 9.65. The van der Waals surface area contributed by atoms with Gasteiger partial charge in [-0.25, -0.2) is 4.79 Å². The summed E-state index contributed by atoms with van der Waals surface area (Å²) in [7, 11) is 0. The van der Waals surface area contributed by atoms with Gasteiger partial charge in [-0.2, -0.15) is 0 Å². The molecule has 0 aliphatic heterocycles. The van der Waals surface area contributed by atoms with E-state index in [1.807, 2.05) is 30.3 Å². The van der Waals surface area contributed by atoms with Gasteiger partial charge < -0.3 is 5.11 Å². The van der Waals surface area contributed by atoms with Crippen LogP contribution in [0.2, 0.25) is 0 Å². The molecule has 2 rings (SSSR count). The standard InChI is InChI=1S/C17H14O3/c18-16(10-9-13-5-2-1-3-6-13)12-14-7-4-8-15(11-14)17(19)20/h1-11H,12H2,(H,19,20)/b10-9+. The zero-order chi connectivity index (χ0) is 14.4. The first-order valence-electron chi connectivity index (χ1n) is 6.23. The fourth-order valence-corrected chi connectivity index (χ4v) is 1.83. The van der Waals surface area contributed by atoms with Crippen molar-refractivity contribution in [1.82, 2.24) is 0 Å². The average Bonchev–Trinajstić information content (AvgIpc) is 2.46. The van der Waals surface area contributed by atoms with Gasteiger partial charge in [0.25, 0.3) is 0 Å². The van der Waals surface area contributed by atoms with Crippen molar-refractivity contribution >= 4 is 17.8 Å². The van der Waals surface area contributed by atoms with Crippen LogP contribution in [0, 0.1) is 0 Å². The minimum absolute atomic E-state index is 0.0589. The summed E-state index contributed by atoms with van der Waals surface area (Å²) in [6.07, 6.45) is 3.47. The molecule has 3 nitrogen and oxygen atoms in total. The summed E-state index contributed by atoms with van der Waals surface area (Å²) >= 11 is 0. The van der Waals surface area contributed by atoms with Crippen molar-refractivity contribution < 1.29 is 14.7 Å². The molecule has 0 unspecified atom stereocenters. The number of carbonyl (C=O) groups is 2. The van der Waals surface area contributed by atoms with E-state index in [0.717, 1.165) is 5.56 Å². The summed E-state index contributed by atoms with van der Waals surface area (Å²) in [4.78, 5) is 22.7. The molecule has 0 aromatic heterocycles. The van der Waals surface area contributed by atoms with E-state index in [-0.39, 0.29) is 17.8 Å². The van der Waals surface area contributed by atoms with Crippen molar-refractivity contribution in [3.05, 3.63) is 77.4 Å². The highest BCUT2D eigenvalue weighted by Crippen LogP contribution is 2.08. The van der Waals surface area contributed by atoms with Crippen molar-refractivity contribution in [3.8, 4) is 0 Å². The van der Waals surface area contributed by atoms with E-state index in [1.165, 1.54) is 18.2 Å². The SMILES string of the molecule is O=C(/C=C/c1ccccc1)Cc1cccc(C(=O)O)c1. The van der Waals surface area contributed by atoms with Crippen LogP contribution in [0.1, 0.15) is 21.5 Å². The summed E-state index contributed by atoms with van der Waals surface area (Å²) in [5, 5.41) is 8.90. The van der Waals surface area contributed by atoms with Gasteiger partial charge in [0.1, 0.15) is 0 Å². The zero-order valence-electron chi connectivity index (χ0n) is 10.8. The van der Waals surface area contributed by atoms with Gasteiger partial charge in [0.2, 0.25) is 0 Å². The Hall–Kier alpha value is -2.68. The van der Waals surface area contributed by atoms with E-state index >= 15 is 0 Å². The van der Waals surface area contributed by atoms with Gasteiger partial charge >= 0.3 is 5.97 Å². The third kappa shape index (κ3) is 3.92. The Balaban J connectivity index is 2.03. The summed E-state index contributed by atoms with van der Waals surface area (Å²) in [6, 6.07) is 16.0. The van der Waals surface area contributed by atoms with E-state index < -0.39 is 5.97 Å². The quantitative estimate of drug-likeness (QED) is 0.845. The Kier molecular flexibility index (Phi) is 4.45. The second kappa shape index (κ2) is 6.48. The summed E-state index contributed by atoms with van der Waals surface area (Å²) in [5.74, 6) is -1.05. The Morgan fingerprint density at radius 1 is 1.00 bits per heavy atom. The zero-order valence-corrected chi connectivity index (χ0v) is 10.8. The fraction of sp³-hybridized carbons (Fsp3) is 0.0588. The molecule has 0 aliphatic rings. The Labute approximate surface area is 117 Å². The molecular formula is C17H14O3. The van der Waals surface area contributed by atoms with Crippen LogP contribution in [0.15, 0.2) is 60.7 Å². The number of hydrogen-bond donors (Lipinski definition) is 1. The monoisotopic (exact) mass is 266 g/mol. The Bertz CT molecular complexity index is 642. The lowest BCUT2D eigenvalue weighted by Crippen LogP contribution is -2.01. The van der Waals surface area contributed by atoms with Crippen molar-refractivity contribution in [2.75, 3.05) is 0 Å². The molecule has 0 amide bonds. The number of carbonyl (C=O) groups excluding carboxylic acids is 1. The maximum Gasteiger partial charge on any atom is 0.335 e.